The standard InChI is InChI=1S/C21H20FN3O2/c1-27-15-6-7-19-17(14-15)16(8-9-23-19)21(26)25-12-10-24(11-13-25)20-5-3-2-4-18(20)22/h2-9,14H,10-13H2,1H3. The Hall–Kier alpha value is -3.15. The number of benzene rings is 2. The lowest BCUT2D eigenvalue weighted by Crippen LogP contribution is -2.49. The highest BCUT2D eigenvalue weighted by Crippen LogP contribution is 2.25. The summed E-state index contributed by atoms with van der Waals surface area (Å²) in [5, 5.41) is 0.776. The van der Waals surface area contributed by atoms with Crippen LogP contribution in [-0.2, 0) is 0 Å². The molecule has 138 valence electrons. The topological polar surface area (TPSA) is 45.7 Å². The molecule has 27 heavy (non-hydrogen) atoms. The molecule has 1 fully saturated rings. The molecule has 5 nitrogen and oxygen atoms in total. The molecule has 0 unspecified atom stereocenters. The van der Waals surface area contributed by atoms with Gasteiger partial charge in [-0.15, -0.1) is 0 Å². The molecule has 1 aliphatic rings. The van der Waals surface area contributed by atoms with E-state index in [1.54, 1.807) is 31.5 Å². The van der Waals surface area contributed by atoms with E-state index in [0.717, 1.165) is 10.9 Å². The van der Waals surface area contributed by atoms with Crippen molar-refractivity contribution in [1.82, 2.24) is 9.88 Å². The lowest BCUT2D eigenvalue weighted by atomic mass is 10.1. The highest BCUT2D eigenvalue weighted by atomic mass is 19.1. The van der Waals surface area contributed by atoms with Gasteiger partial charge in [0.2, 0.25) is 0 Å². The van der Waals surface area contributed by atoms with E-state index in [0.29, 0.717) is 43.2 Å². The summed E-state index contributed by atoms with van der Waals surface area (Å²) in [5.41, 5.74) is 1.95. The number of nitrogens with zero attached hydrogens (tertiary/aromatic N) is 3. The number of methoxy groups -OCH3 is 1. The molecule has 1 amide bonds. The number of para-hydroxylation sites is 1. The summed E-state index contributed by atoms with van der Waals surface area (Å²) in [6, 6.07) is 14.0. The van der Waals surface area contributed by atoms with Gasteiger partial charge in [-0.2, -0.15) is 0 Å². The SMILES string of the molecule is COc1ccc2nccc(C(=O)N3CCN(c4ccccc4F)CC3)c2c1. The fourth-order valence-corrected chi connectivity index (χ4v) is 3.47. The van der Waals surface area contributed by atoms with E-state index in [-0.39, 0.29) is 11.7 Å². The highest BCUT2D eigenvalue weighted by molar-refractivity contribution is 6.06. The second kappa shape index (κ2) is 7.23. The minimum Gasteiger partial charge on any atom is -0.497 e. The molecule has 0 bridgehead atoms. The van der Waals surface area contributed by atoms with E-state index in [2.05, 4.69) is 4.98 Å². The minimum atomic E-state index is -0.232. The molecular weight excluding hydrogens is 345 g/mol. The van der Waals surface area contributed by atoms with Gasteiger partial charge in [-0.3, -0.25) is 9.78 Å². The van der Waals surface area contributed by atoms with Crippen LogP contribution in [0.15, 0.2) is 54.7 Å². The van der Waals surface area contributed by atoms with Crippen LogP contribution in [0.3, 0.4) is 0 Å². The molecule has 0 aliphatic carbocycles. The first-order valence-corrected chi connectivity index (χ1v) is 8.89. The Balaban J connectivity index is 1.55. The summed E-state index contributed by atoms with van der Waals surface area (Å²) in [6.45, 7) is 2.28. The van der Waals surface area contributed by atoms with Crippen LogP contribution in [0.2, 0.25) is 0 Å². The third-order valence-electron chi connectivity index (χ3n) is 4.94. The molecule has 3 aromatic rings. The Morgan fingerprint density at radius 3 is 2.59 bits per heavy atom. The summed E-state index contributed by atoms with van der Waals surface area (Å²) in [7, 11) is 1.60. The van der Waals surface area contributed by atoms with Gasteiger partial charge in [-0.05, 0) is 36.4 Å². The van der Waals surface area contributed by atoms with Crippen LogP contribution in [0.25, 0.3) is 10.9 Å². The number of carbonyl (C=O) groups is 1. The molecule has 0 spiro atoms. The summed E-state index contributed by atoms with van der Waals surface area (Å²) in [6.07, 6.45) is 1.65. The number of amides is 1. The Labute approximate surface area is 157 Å². The zero-order valence-electron chi connectivity index (χ0n) is 15.1. The van der Waals surface area contributed by atoms with Crippen molar-refractivity contribution >= 4 is 22.5 Å². The molecule has 0 radical (unpaired) electrons. The molecule has 0 saturated carbocycles. The maximum Gasteiger partial charge on any atom is 0.254 e. The summed E-state index contributed by atoms with van der Waals surface area (Å²) in [4.78, 5) is 21.2. The second-order valence-corrected chi connectivity index (χ2v) is 6.47. The minimum absolute atomic E-state index is 0.0381. The predicted molar refractivity (Wildman–Crippen MR) is 103 cm³/mol. The third kappa shape index (κ3) is 3.30. The first-order valence-electron chi connectivity index (χ1n) is 8.89. The Bertz CT molecular complexity index is 984. The van der Waals surface area contributed by atoms with Crippen molar-refractivity contribution in [1.29, 1.82) is 0 Å². The van der Waals surface area contributed by atoms with Crippen LogP contribution < -0.4 is 9.64 Å². The van der Waals surface area contributed by atoms with Crippen molar-refractivity contribution in [3.8, 4) is 5.75 Å². The van der Waals surface area contributed by atoms with Crippen LogP contribution in [0.1, 0.15) is 10.4 Å². The van der Waals surface area contributed by atoms with Crippen LogP contribution in [0, 0.1) is 5.82 Å². The number of piperazine rings is 1. The van der Waals surface area contributed by atoms with E-state index in [1.807, 2.05) is 34.1 Å². The number of halogens is 1. The van der Waals surface area contributed by atoms with Crippen LogP contribution in [0.4, 0.5) is 10.1 Å². The van der Waals surface area contributed by atoms with E-state index in [1.165, 1.54) is 6.07 Å². The lowest BCUT2D eigenvalue weighted by molar-refractivity contribution is 0.0748. The average molecular weight is 365 g/mol. The monoisotopic (exact) mass is 365 g/mol. The smallest absolute Gasteiger partial charge is 0.254 e. The number of carbonyl (C=O) groups excluding carboxylic acids is 1. The molecule has 6 heteroatoms. The first-order chi connectivity index (χ1) is 13.2. The fraction of sp³-hybridized carbons (Fsp3) is 0.238. The molecular formula is C21H20FN3O2. The molecule has 2 aromatic carbocycles. The number of fused-ring (bicyclic) bond motifs is 1. The lowest BCUT2D eigenvalue weighted by Gasteiger charge is -2.36. The zero-order chi connectivity index (χ0) is 18.8. The van der Waals surface area contributed by atoms with E-state index in [9.17, 15) is 9.18 Å². The van der Waals surface area contributed by atoms with Gasteiger partial charge in [-0.25, -0.2) is 4.39 Å². The zero-order valence-corrected chi connectivity index (χ0v) is 15.1. The molecule has 1 saturated heterocycles. The van der Waals surface area contributed by atoms with Crippen LogP contribution in [0.5, 0.6) is 5.75 Å². The maximum atomic E-state index is 14.0. The number of anilines is 1. The summed E-state index contributed by atoms with van der Waals surface area (Å²) in [5.74, 6) is 0.419. The number of hydrogen-bond acceptors (Lipinski definition) is 4. The van der Waals surface area contributed by atoms with Crippen molar-refractivity contribution in [2.24, 2.45) is 0 Å². The highest BCUT2D eigenvalue weighted by Gasteiger charge is 2.24. The van der Waals surface area contributed by atoms with Gasteiger partial charge in [0.25, 0.3) is 5.91 Å². The fourth-order valence-electron chi connectivity index (χ4n) is 3.47. The van der Waals surface area contributed by atoms with Crippen molar-refractivity contribution in [3.63, 3.8) is 0 Å². The van der Waals surface area contributed by atoms with Crippen molar-refractivity contribution in [2.75, 3.05) is 38.2 Å². The Morgan fingerprint density at radius 1 is 1.07 bits per heavy atom. The predicted octanol–water partition coefficient (Wildman–Crippen LogP) is 3.34. The number of ether oxygens (including phenoxy) is 1. The van der Waals surface area contributed by atoms with Crippen molar-refractivity contribution in [2.45, 2.75) is 0 Å². The molecule has 4 rings (SSSR count). The van der Waals surface area contributed by atoms with E-state index >= 15 is 0 Å². The maximum absolute atomic E-state index is 14.0. The molecule has 2 heterocycles. The summed E-state index contributed by atoms with van der Waals surface area (Å²) >= 11 is 0. The number of rotatable bonds is 3. The number of hydrogen-bond donors (Lipinski definition) is 0. The van der Waals surface area contributed by atoms with Gasteiger partial charge in [0.1, 0.15) is 11.6 Å². The first kappa shape index (κ1) is 17.3. The van der Waals surface area contributed by atoms with Crippen molar-refractivity contribution < 1.29 is 13.9 Å². The van der Waals surface area contributed by atoms with Gasteiger partial charge in [0.05, 0.1) is 23.9 Å². The van der Waals surface area contributed by atoms with E-state index < -0.39 is 0 Å². The van der Waals surface area contributed by atoms with Gasteiger partial charge < -0.3 is 14.5 Å². The average Bonchev–Trinajstić information content (AvgIpc) is 2.73. The molecule has 1 aliphatic heterocycles. The number of pyridine rings is 1. The number of aromatic nitrogens is 1. The van der Waals surface area contributed by atoms with Gasteiger partial charge in [0, 0.05) is 37.8 Å². The molecule has 1 aromatic heterocycles. The van der Waals surface area contributed by atoms with E-state index in [4.69, 9.17) is 4.74 Å². The van der Waals surface area contributed by atoms with Crippen LogP contribution in [-0.4, -0.2) is 49.1 Å². The normalized spacial score (nSPS) is 14.4. The Morgan fingerprint density at radius 2 is 1.85 bits per heavy atom. The van der Waals surface area contributed by atoms with Crippen molar-refractivity contribution in [3.05, 3.63) is 66.1 Å². The quantitative estimate of drug-likeness (QED) is 0.714. The van der Waals surface area contributed by atoms with Crippen LogP contribution >= 0.6 is 0 Å². The molecule has 0 N–H and O–H groups in total. The molecule has 0 atom stereocenters. The summed E-state index contributed by atoms with van der Waals surface area (Å²) < 4.78 is 19.3. The van der Waals surface area contributed by atoms with Gasteiger partial charge in [0.15, 0.2) is 0 Å². The largest absolute Gasteiger partial charge is 0.497 e. The Kier molecular flexibility index (Phi) is 4.62. The van der Waals surface area contributed by atoms with Gasteiger partial charge >= 0.3 is 0 Å². The third-order valence-corrected chi connectivity index (χ3v) is 4.94. The van der Waals surface area contributed by atoms with Gasteiger partial charge in [-0.1, -0.05) is 12.1 Å². The second-order valence-electron chi connectivity index (χ2n) is 6.47.